The highest BCUT2D eigenvalue weighted by molar-refractivity contribution is 5.68. The molecule has 0 atom stereocenters. The molecule has 1 fully saturated rings. The van der Waals surface area contributed by atoms with E-state index < -0.39 is 5.60 Å². The highest BCUT2D eigenvalue weighted by atomic mass is 16.6. The smallest absolute Gasteiger partial charge is 0.407 e. The summed E-state index contributed by atoms with van der Waals surface area (Å²) >= 11 is 0. The summed E-state index contributed by atoms with van der Waals surface area (Å²) in [5.41, 5.74) is 2.89. The summed E-state index contributed by atoms with van der Waals surface area (Å²) in [7, 11) is 1.70. The number of alkyl carbamates (subject to hydrolysis) is 1. The Labute approximate surface area is 138 Å². The molecule has 0 aromatic heterocycles. The number of nitrogens with one attached hydrogen (secondary N) is 2. The normalized spacial score (nSPS) is 20.4. The van der Waals surface area contributed by atoms with Gasteiger partial charge in [0.2, 0.25) is 0 Å². The Morgan fingerprint density at radius 2 is 1.83 bits per heavy atom. The van der Waals surface area contributed by atoms with Crippen LogP contribution in [0.15, 0.2) is 12.1 Å². The third kappa shape index (κ3) is 4.53. The zero-order chi connectivity index (χ0) is 17.2. The van der Waals surface area contributed by atoms with Crippen LogP contribution in [0.3, 0.4) is 0 Å². The number of rotatable bonds is 4. The van der Waals surface area contributed by atoms with Crippen molar-refractivity contribution in [2.24, 2.45) is 0 Å². The molecule has 0 saturated heterocycles. The molecule has 128 valence electrons. The van der Waals surface area contributed by atoms with E-state index >= 15 is 0 Å². The lowest BCUT2D eigenvalue weighted by molar-refractivity contribution is 0.0475. The molecule has 1 saturated carbocycles. The third-order valence-electron chi connectivity index (χ3n) is 4.03. The molecule has 1 aliphatic rings. The van der Waals surface area contributed by atoms with E-state index in [1.807, 2.05) is 27.7 Å². The quantitative estimate of drug-likeness (QED) is 0.886. The van der Waals surface area contributed by atoms with Crippen LogP contribution in [-0.2, 0) is 4.74 Å². The van der Waals surface area contributed by atoms with Crippen molar-refractivity contribution in [3.8, 4) is 5.75 Å². The molecule has 2 N–H and O–H groups in total. The molecule has 1 aliphatic carbocycles. The summed E-state index contributed by atoms with van der Waals surface area (Å²) in [4.78, 5) is 11.7. The van der Waals surface area contributed by atoms with Crippen molar-refractivity contribution in [2.75, 3.05) is 12.4 Å². The van der Waals surface area contributed by atoms with E-state index in [0.717, 1.165) is 35.4 Å². The van der Waals surface area contributed by atoms with Gasteiger partial charge in [0.05, 0.1) is 7.11 Å². The first-order chi connectivity index (χ1) is 10.7. The third-order valence-corrected chi connectivity index (χ3v) is 4.03. The summed E-state index contributed by atoms with van der Waals surface area (Å²) in [6, 6.07) is 4.68. The van der Waals surface area contributed by atoms with E-state index in [-0.39, 0.29) is 12.1 Å². The van der Waals surface area contributed by atoms with Crippen LogP contribution in [0.2, 0.25) is 0 Å². The van der Waals surface area contributed by atoms with E-state index in [1.54, 1.807) is 7.11 Å². The highest BCUT2D eigenvalue weighted by Gasteiger charge is 2.32. The number of ether oxygens (including phenoxy) is 2. The van der Waals surface area contributed by atoms with Crippen LogP contribution in [0.4, 0.5) is 10.5 Å². The molecule has 0 heterocycles. The molecule has 5 nitrogen and oxygen atoms in total. The van der Waals surface area contributed by atoms with Crippen LogP contribution in [0.25, 0.3) is 0 Å². The molecule has 5 heteroatoms. The number of carbonyl (C=O) groups excluding carboxylic acids is 1. The van der Waals surface area contributed by atoms with Crippen molar-refractivity contribution < 1.29 is 14.3 Å². The molecule has 1 aromatic rings. The summed E-state index contributed by atoms with van der Waals surface area (Å²) in [5, 5.41) is 6.44. The Kier molecular flexibility index (Phi) is 5.07. The minimum absolute atomic E-state index is 0.176. The fraction of sp³-hybridized carbons (Fsp3) is 0.611. The fourth-order valence-electron chi connectivity index (χ4n) is 2.85. The van der Waals surface area contributed by atoms with Crippen molar-refractivity contribution in [2.45, 2.75) is 65.1 Å². The van der Waals surface area contributed by atoms with Gasteiger partial charge in [0, 0.05) is 23.3 Å². The topological polar surface area (TPSA) is 59.6 Å². The monoisotopic (exact) mass is 320 g/mol. The minimum Gasteiger partial charge on any atom is -0.496 e. The van der Waals surface area contributed by atoms with Crippen LogP contribution in [0.5, 0.6) is 5.75 Å². The zero-order valence-electron chi connectivity index (χ0n) is 14.9. The first kappa shape index (κ1) is 17.4. The predicted molar refractivity (Wildman–Crippen MR) is 92.3 cm³/mol. The average molecular weight is 320 g/mol. The molecular formula is C18H28N2O3. The summed E-state index contributed by atoms with van der Waals surface area (Å²) in [6.07, 6.45) is 1.46. The van der Waals surface area contributed by atoms with Gasteiger partial charge in [-0.25, -0.2) is 4.79 Å². The number of amides is 1. The Balaban J connectivity index is 1.84. The maximum atomic E-state index is 11.7. The fourth-order valence-corrected chi connectivity index (χ4v) is 2.85. The van der Waals surface area contributed by atoms with Gasteiger partial charge in [-0.3, -0.25) is 0 Å². The molecule has 1 aromatic carbocycles. The predicted octanol–water partition coefficient (Wildman–Crippen LogP) is 3.78. The number of aryl methyl sites for hydroxylation is 1. The maximum Gasteiger partial charge on any atom is 0.407 e. The van der Waals surface area contributed by atoms with Crippen molar-refractivity contribution in [3.05, 3.63) is 23.3 Å². The number of hydrogen-bond donors (Lipinski definition) is 2. The van der Waals surface area contributed by atoms with Crippen LogP contribution >= 0.6 is 0 Å². The first-order valence-electron chi connectivity index (χ1n) is 8.10. The van der Waals surface area contributed by atoms with Crippen molar-refractivity contribution >= 4 is 11.8 Å². The molecule has 0 aliphatic heterocycles. The van der Waals surface area contributed by atoms with Crippen LogP contribution in [0.1, 0.15) is 44.7 Å². The van der Waals surface area contributed by atoms with Crippen molar-refractivity contribution in [1.29, 1.82) is 0 Å². The Bertz CT molecular complexity index is 572. The van der Waals surface area contributed by atoms with E-state index in [2.05, 4.69) is 29.7 Å². The molecule has 23 heavy (non-hydrogen) atoms. The summed E-state index contributed by atoms with van der Waals surface area (Å²) in [6.45, 7) is 9.70. The van der Waals surface area contributed by atoms with Crippen molar-refractivity contribution in [1.82, 2.24) is 5.32 Å². The maximum absolute atomic E-state index is 11.7. The largest absolute Gasteiger partial charge is 0.496 e. The number of hydrogen-bond acceptors (Lipinski definition) is 4. The lowest BCUT2D eigenvalue weighted by Gasteiger charge is -2.37. The Morgan fingerprint density at radius 3 is 2.39 bits per heavy atom. The van der Waals surface area contributed by atoms with Gasteiger partial charge in [-0.2, -0.15) is 0 Å². The summed E-state index contributed by atoms with van der Waals surface area (Å²) in [5.74, 6) is 0.928. The van der Waals surface area contributed by atoms with Gasteiger partial charge in [-0.1, -0.05) is 6.07 Å². The van der Waals surface area contributed by atoms with Gasteiger partial charge in [0.25, 0.3) is 0 Å². The zero-order valence-corrected chi connectivity index (χ0v) is 14.9. The molecule has 1 amide bonds. The van der Waals surface area contributed by atoms with E-state index in [9.17, 15) is 4.79 Å². The van der Waals surface area contributed by atoms with E-state index in [4.69, 9.17) is 9.47 Å². The molecule has 0 radical (unpaired) electrons. The van der Waals surface area contributed by atoms with E-state index in [0.29, 0.717) is 6.04 Å². The second kappa shape index (κ2) is 6.69. The van der Waals surface area contributed by atoms with Gasteiger partial charge in [-0.05, 0) is 59.1 Å². The standard InChI is InChI=1S/C18H28N2O3/c1-11-7-8-15(12(2)16(11)22-6)19-13-9-14(10-13)20-17(21)23-18(3,4)5/h7-8,13-14,19H,9-10H2,1-6H3,(H,20,21). The molecule has 0 bridgehead atoms. The SMILES string of the molecule is COc1c(C)ccc(NC2CC(NC(=O)OC(C)(C)C)C2)c1C. The van der Waals surface area contributed by atoms with Gasteiger partial charge >= 0.3 is 6.09 Å². The van der Waals surface area contributed by atoms with Crippen LogP contribution in [-0.4, -0.2) is 30.9 Å². The van der Waals surface area contributed by atoms with Gasteiger partial charge in [-0.15, -0.1) is 0 Å². The number of carbonyl (C=O) groups is 1. The molecule has 0 unspecified atom stereocenters. The second-order valence-electron chi connectivity index (χ2n) is 7.24. The molecule has 2 rings (SSSR count). The number of benzene rings is 1. The number of anilines is 1. The van der Waals surface area contributed by atoms with Crippen molar-refractivity contribution in [3.63, 3.8) is 0 Å². The molecular weight excluding hydrogens is 292 g/mol. The van der Waals surface area contributed by atoms with Crippen LogP contribution < -0.4 is 15.4 Å². The average Bonchev–Trinajstić information content (AvgIpc) is 2.37. The first-order valence-corrected chi connectivity index (χ1v) is 8.10. The lowest BCUT2D eigenvalue weighted by atomic mass is 9.86. The summed E-state index contributed by atoms with van der Waals surface area (Å²) < 4.78 is 10.7. The van der Waals surface area contributed by atoms with E-state index in [1.165, 1.54) is 0 Å². The second-order valence-corrected chi connectivity index (χ2v) is 7.24. The number of methoxy groups -OCH3 is 1. The van der Waals surface area contributed by atoms with Gasteiger partial charge in [0.1, 0.15) is 11.4 Å². The van der Waals surface area contributed by atoms with Gasteiger partial charge < -0.3 is 20.1 Å². The Hall–Kier alpha value is -1.91. The van der Waals surface area contributed by atoms with Crippen LogP contribution in [0, 0.1) is 13.8 Å². The lowest BCUT2D eigenvalue weighted by Crippen LogP contribution is -2.50. The molecule has 0 spiro atoms. The van der Waals surface area contributed by atoms with Gasteiger partial charge in [0.15, 0.2) is 0 Å². The highest BCUT2D eigenvalue weighted by Crippen LogP contribution is 2.32. The Morgan fingerprint density at radius 1 is 1.17 bits per heavy atom. The minimum atomic E-state index is -0.457.